The van der Waals surface area contributed by atoms with E-state index < -0.39 is 6.04 Å². The number of halogens is 1. The summed E-state index contributed by atoms with van der Waals surface area (Å²) in [5.74, 6) is 0.673. The average Bonchev–Trinajstić information content (AvgIpc) is 2.90. The average molecular weight is 553 g/mol. The molecule has 0 aliphatic carbocycles. The highest BCUT2D eigenvalue weighted by Gasteiger charge is 2.27. The maximum Gasteiger partial charge on any atom is 0.242 e. The smallest absolute Gasteiger partial charge is 0.242 e. The van der Waals surface area contributed by atoms with E-state index in [1.54, 1.807) is 12.1 Å². The third kappa shape index (κ3) is 12.2. The van der Waals surface area contributed by atoms with Crippen molar-refractivity contribution in [1.29, 1.82) is 0 Å². The van der Waals surface area contributed by atoms with Crippen molar-refractivity contribution >= 4 is 11.8 Å². The summed E-state index contributed by atoms with van der Waals surface area (Å²) in [4.78, 5) is 26.4. The molecule has 4 nitrogen and oxygen atoms in total. The van der Waals surface area contributed by atoms with Gasteiger partial charge in [-0.05, 0) is 97.9 Å². The van der Waals surface area contributed by atoms with E-state index in [-0.39, 0.29) is 29.5 Å². The second kappa shape index (κ2) is 17.9. The van der Waals surface area contributed by atoms with Crippen molar-refractivity contribution in [2.75, 3.05) is 6.54 Å². The SMILES string of the molecule is CCC[C@H](NC(=O)[C@H](CC[C@H](C)Cc1cccc(F)c1)C(C)C)C(=O)NCCCc1ccccc1CCC(C)C. The monoisotopic (exact) mass is 552 g/mol. The molecule has 2 amide bonds. The lowest BCUT2D eigenvalue weighted by Gasteiger charge is -2.25. The number of carbonyl (C=O) groups excluding carboxylic acids is 2. The van der Waals surface area contributed by atoms with Crippen LogP contribution in [-0.2, 0) is 28.9 Å². The Hall–Kier alpha value is -2.69. The number of carbonyl (C=O) groups is 2. The first-order valence-electron chi connectivity index (χ1n) is 15.5. The Bertz CT molecular complexity index is 1040. The van der Waals surface area contributed by atoms with Crippen LogP contribution in [0.5, 0.6) is 0 Å². The first-order chi connectivity index (χ1) is 19.1. The third-order valence-electron chi connectivity index (χ3n) is 7.83. The molecule has 0 heterocycles. The van der Waals surface area contributed by atoms with Crippen molar-refractivity contribution in [3.8, 4) is 0 Å². The van der Waals surface area contributed by atoms with Crippen LogP contribution in [0.25, 0.3) is 0 Å². The number of amides is 2. The van der Waals surface area contributed by atoms with E-state index in [2.05, 4.69) is 69.5 Å². The van der Waals surface area contributed by atoms with Gasteiger partial charge in [-0.15, -0.1) is 0 Å². The first kappa shape index (κ1) is 33.5. The number of hydrogen-bond acceptors (Lipinski definition) is 2. The molecule has 0 aliphatic heterocycles. The van der Waals surface area contributed by atoms with Crippen LogP contribution < -0.4 is 10.6 Å². The van der Waals surface area contributed by atoms with Gasteiger partial charge in [-0.1, -0.05) is 84.4 Å². The van der Waals surface area contributed by atoms with Crippen LogP contribution >= 0.6 is 0 Å². The van der Waals surface area contributed by atoms with Gasteiger partial charge in [0, 0.05) is 12.5 Å². The lowest BCUT2D eigenvalue weighted by Crippen LogP contribution is -2.49. The summed E-state index contributed by atoms with van der Waals surface area (Å²) < 4.78 is 13.6. The molecule has 0 bridgehead atoms. The number of aryl methyl sites for hydroxylation is 2. The molecular formula is C35H53FN2O2. The molecule has 2 rings (SSSR count). The van der Waals surface area contributed by atoms with E-state index in [4.69, 9.17) is 0 Å². The molecule has 2 aromatic rings. The van der Waals surface area contributed by atoms with Gasteiger partial charge in [0.25, 0.3) is 0 Å². The molecule has 2 aromatic carbocycles. The normalized spacial score (nSPS) is 13.7. The molecule has 0 fully saturated rings. The van der Waals surface area contributed by atoms with Crippen LogP contribution in [0.2, 0.25) is 0 Å². The molecule has 0 aliphatic rings. The van der Waals surface area contributed by atoms with Gasteiger partial charge in [0.15, 0.2) is 0 Å². The van der Waals surface area contributed by atoms with Crippen molar-refractivity contribution in [3.05, 3.63) is 71.0 Å². The van der Waals surface area contributed by atoms with E-state index in [9.17, 15) is 14.0 Å². The zero-order valence-electron chi connectivity index (χ0n) is 25.8. The number of nitrogens with one attached hydrogen (secondary N) is 2. The summed E-state index contributed by atoms with van der Waals surface area (Å²) in [5, 5.41) is 6.15. The zero-order chi connectivity index (χ0) is 29.5. The minimum atomic E-state index is -0.512. The Morgan fingerprint density at radius 2 is 1.52 bits per heavy atom. The van der Waals surface area contributed by atoms with Crippen LogP contribution in [0.4, 0.5) is 4.39 Å². The summed E-state index contributed by atoms with van der Waals surface area (Å²) in [5.41, 5.74) is 3.75. The molecule has 40 heavy (non-hydrogen) atoms. The molecule has 0 saturated carbocycles. The minimum Gasteiger partial charge on any atom is -0.354 e. The van der Waals surface area contributed by atoms with Crippen LogP contribution in [0.3, 0.4) is 0 Å². The second-order valence-electron chi connectivity index (χ2n) is 12.3. The quantitative estimate of drug-likeness (QED) is 0.186. The molecule has 0 saturated heterocycles. The highest BCUT2D eigenvalue weighted by atomic mass is 19.1. The fraction of sp³-hybridized carbons (Fsp3) is 0.600. The fourth-order valence-electron chi connectivity index (χ4n) is 5.34. The highest BCUT2D eigenvalue weighted by Crippen LogP contribution is 2.23. The van der Waals surface area contributed by atoms with Gasteiger partial charge < -0.3 is 10.6 Å². The van der Waals surface area contributed by atoms with Crippen molar-refractivity contribution in [2.24, 2.45) is 23.7 Å². The first-order valence-corrected chi connectivity index (χ1v) is 15.5. The predicted octanol–water partition coefficient (Wildman–Crippen LogP) is 7.68. The van der Waals surface area contributed by atoms with Crippen molar-refractivity contribution in [2.45, 2.75) is 105 Å². The fourth-order valence-corrected chi connectivity index (χ4v) is 5.34. The summed E-state index contributed by atoms with van der Waals surface area (Å²) in [6, 6.07) is 14.8. The minimum absolute atomic E-state index is 0.0411. The van der Waals surface area contributed by atoms with E-state index in [1.165, 1.54) is 23.6 Å². The standard InChI is InChI=1S/C35H53FN2O2/c1-7-12-33(35(40)37-22-11-16-29-14-8-9-15-30(29)20-18-25(2)3)38-34(39)32(26(4)5)21-19-27(6)23-28-13-10-17-31(36)24-28/h8-10,13-15,17,24-27,32-33H,7,11-12,16,18-23H2,1-6H3,(H,37,40)(H,38,39)/t27-,32+,33-/m0/s1. The molecule has 0 radical (unpaired) electrons. The van der Waals surface area contributed by atoms with E-state index in [1.807, 2.05) is 13.0 Å². The Morgan fingerprint density at radius 3 is 2.15 bits per heavy atom. The van der Waals surface area contributed by atoms with Crippen molar-refractivity contribution in [1.82, 2.24) is 10.6 Å². The summed E-state index contributed by atoms with van der Waals surface area (Å²) in [6.45, 7) is 13.4. The van der Waals surface area contributed by atoms with Crippen LogP contribution in [0.15, 0.2) is 48.5 Å². The van der Waals surface area contributed by atoms with Gasteiger partial charge in [-0.25, -0.2) is 4.39 Å². The predicted molar refractivity (Wildman–Crippen MR) is 165 cm³/mol. The van der Waals surface area contributed by atoms with Crippen LogP contribution in [0, 0.1) is 29.5 Å². The van der Waals surface area contributed by atoms with E-state index >= 15 is 0 Å². The number of hydrogen-bond donors (Lipinski definition) is 2. The van der Waals surface area contributed by atoms with Crippen molar-refractivity contribution in [3.63, 3.8) is 0 Å². The largest absolute Gasteiger partial charge is 0.354 e. The summed E-state index contributed by atoms with van der Waals surface area (Å²) in [6.07, 6.45) is 7.91. The van der Waals surface area contributed by atoms with Crippen molar-refractivity contribution < 1.29 is 14.0 Å². The van der Waals surface area contributed by atoms with Gasteiger partial charge in [0.05, 0.1) is 0 Å². The van der Waals surface area contributed by atoms with Gasteiger partial charge >= 0.3 is 0 Å². The van der Waals surface area contributed by atoms with Gasteiger partial charge in [-0.3, -0.25) is 9.59 Å². The Morgan fingerprint density at radius 1 is 0.825 bits per heavy atom. The van der Waals surface area contributed by atoms with Gasteiger partial charge in [0.1, 0.15) is 11.9 Å². The topological polar surface area (TPSA) is 58.2 Å². The van der Waals surface area contributed by atoms with Crippen LogP contribution in [0.1, 0.15) is 96.8 Å². The maximum absolute atomic E-state index is 13.6. The van der Waals surface area contributed by atoms with E-state index in [0.29, 0.717) is 24.8 Å². The molecule has 5 heteroatoms. The number of rotatable bonds is 18. The Kier molecular flexibility index (Phi) is 15.0. The summed E-state index contributed by atoms with van der Waals surface area (Å²) >= 11 is 0. The Labute approximate surface area is 242 Å². The van der Waals surface area contributed by atoms with Gasteiger partial charge in [-0.2, -0.15) is 0 Å². The van der Waals surface area contributed by atoms with E-state index in [0.717, 1.165) is 50.5 Å². The Balaban J connectivity index is 1.86. The summed E-state index contributed by atoms with van der Waals surface area (Å²) in [7, 11) is 0. The number of benzene rings is 2. The van der Waals surface area contributed by atoms with Crippen LogP contribution in [-0.4, -0.2) is 24.4 Å². The molecule has 3 atom stereocenters. The third-order valence-corrected chi connectivity index (χ3v) is 7.83. The molecular weight excluding hydrogens is 499 g/mol. The molecule has 222 valence electrons. The second-order valence-corrected chi connectivity index (χ2v) is 12.3. The molecule has 2 N–H and O–H groups in total. The zero-order valence-corrected chi connectivity index (χ0v) is 25.8. The lowest BCUT2D eigenvalue weighted by molar-refractivity contribution is -0.132. The molecule has 0 spiro atoms. The lowest BCUT2D eigenvalue weighted by atomic mass is 9.85. The highest BCUT2D eigenvalue weighted by molar-refractivity contribution is 5.88. The maximum atomic E-state index is 13.6. The van der Waals surface area contributed by atoms with Gasteiger partial charge in [0.2, 0.25) is 11.8 Å². The molecule has 0 aromatic heterocycles. The molecule has 0 unspecified atom stereocenters.